The van der Waals surface area contributed by atoms with Crippen LogP contribution in [0.4, 0.5) is 5.13 Å². The first-order chi connectivity index (χ1) is 15.2. The van der Waals surface area contributed by atoms with Crippen molar-refractivity contribution < 1.29 is 9.53 Å². The van der Waals surface area contributed by atoms with E-state index in [0.717, 1.165) is 54.9 Å². The number of carbonyl (C=O) groups excluding carboxylic acids is 1. The zero-order valence-electron chi connectivity index (χ0n) is 19.0. The number of anilines is 1. The SMILES string of the molecule is CCCCCCCCCC(=O)N1CCN(c2nc(Cc3cccc(OC)c3)ns2)CC1. The van der Waals surface area contributed by atoms with Crippen LogP contribution < -0.4 is 9.64 Å². The summed E-state index contributed by atoms with van der Waals surface area (Å²) < 4.78 is 9.83. The maximum absolute atomic E-state index is 12.5. The summed E-state index contributed by atoms with van der Waals surface area (Å²) in [6, 6.07) is 8.02. The number of aromatic nitrogens is 2. The number of amides is 1. The first kappa shape index (κ1) is 23.5. The van der Waals surface area contributed by atoms with Crippen LogP contribution in [0.5, 0.6) is 5.75 Å². The molecule has 31 heavy (non-hydrogen) atoms. The average molecular weight is 445 g/mol. The third-order valence-electron chi connectivity index (χ3n) is 5.85. The number of nitrogens with zero attached hydrogens (tertiary/aromatic N) is 4. The zero-order valence-corrected chi connectivity index (χ0v) is 19.8. The first-order valence-corrected chi connectivity index (χ1v) is 12.4. The quantitative estimate of drug-likeness (QED) is 0.435. The van der Waals surface area contributed by atoms with Gasteiger partial charge in [0.15, 0.2) is 0 Å². The maximum atomic E-state index is 12.5. The minimum Gasteiger partial charge on any atom is -0.497 e. The Morgan fingerprint density at radius 1 is 1.06 bits per heavy atom. The van der Waals surface area contributed by atoms with Gasteiger partial charge in [0, 0.05) is 50.6 Å². The lowest BCUT2D eigenvalue weighted by atomic mass is 10.1. The molecule has 0 bridgehead atoms. The van der Waals surface area contributed by atoms with E-state index in [-0.39, 0.29) is 0 Å². The van der Waals surface area contributed by atoms with Crippen LogP contribution in [0.15, 0.2) is 24.3 Å². The van der Waals surface area contributed by atoms with E-state index in [1.54, 1.807) is 7.11 Å². The van der Waals surface area contributed by atoms with Crippen molar-refractivity contribution >= 4 is 22.6 Å². The molecular formula is C24H36N4O2S. The summed E-state index contributed by atoms with van der Waals surface area (Å²) in [5, 5.41) is 0.956. The highest BCUT2D eigenvalue weighted by atomic mass is 32.1. The van der Waals surface area contributed by atoms with Gasteiger partial charge in [-0.05, 0) is 24.1 Å². The molecule has 1 aliphatic heterocycles. The second kappa shape index (κ2) is 12.6. The number of hydrogen-bond donors (Lipinski definition) is 0. The standard InChI is InChI=1S/C24H36N4O2S/c1-3-4-5-6-7-8-9-13-23(29)27-14-16-28(17-15-27)24-25-22(26-31-24)19-20-11-10-12-21(18-20)30-2/h10-12,18H,3-9,13-17,19H2,1-2H3. The molecule has 0 saturated carbocycles. The largest absolute Gasteiger partial charge is 0.497 e. The topological polar surface area (TPSA) is 58.6 Å². The Balaban J connectivity index is 1.38. The minimum atomic E-state index is 0.309. The van der Waals surface area contributed by atoms with Gasteiger partial charge in [-0.2, -0.15) is 4.37 Å². The number of piperazine rings is 1. The summed E-state index contributed by atoms with van der Waals surface area (Å²) >= 11 is 1.45. The lowest BCUT2D eigenvalue weighted by Crippen LogP contribution is -2.48. The smallest absolute Gasteiger partial charge is 0.222 e. The fraction of sp³-hybridized carbons (Fsp3) is 0.625. The third-order valence-corrected chi connectivity index (χ3v) is 6.67. The summed E-state index contributed by atoms with van der Waals surface area (Å²) in [7, 11) is 1.68. The molecule has 2 aromatic rings. The Bertz CT molecular complexity index is 802. The second-order valence-electron chi connectivity index (χ2n) is 8.26. The van der Waals surface area contributed by atoms with Gasteiger partial charge in [0.05, 0.1) is 7.11 Å². The van der Waals surface area contributed by atoms with Crippen molar-refractivity contribution in [3.63, 3.8) is 0 Å². The molecule has 1 aromatic carbocycles. The summed E-state index contributed by atoms with van der Waals surface area (Å²) in [5.74, 6) is 2.00. The molecule has 1 aromatic heterocycles. The molecule has 1 fully saturated rings. The van der Waals surface area contributed by atoms with Gasteiger partial charge in [-0.25, -0.2) is 4.98 Å². The van der Waals surface area contributed by atoms with Gasteiger partial charge in [0.25, 0.3) is 0 Å². The van der Waals surface area contributed by atoms with Crippen molar-refractivity contribution in [2.45, 2.75) is 64.7 Å². The molecule has 6 nitrogen and oxygen atoms in total. The number of rotatable bonds is 12. The predicted molar refractivity (Wildman–Crippen MR) is 127 cm³/mol. The van der Waals surface area contributed by atoms with E-state index in [2.05, 4.69) is 22.3 Å². The average Bonchev–Trinajstić information content (AvgIpc) is 3.27. The lowest BCUT2D eigenvalue weighted by molar-refractivity contribution is -0.131. The molecule has 3 rings (SSSR count). The molecule has 0 aliphatic carbocycles. The van der Waals surface area contributed by atoms with Gasteiger partial charge in [-0.1, -0.05) is 57.6 Å². The van der Waals surface area contributed by atoms with Crippen molar-refractivity contribution in [2.24, 2.45) is 0 Å². The predicted octanol–water partition coefficient (Wildman–Crippen LogP) is 4.93. The fourth-order valence-electron chi connectivity index (χ4n) is 3.95. The van der Waals surface area contributed by atoms with E-state index in [1.807, 2.05) is 23.1 Å². The maximum Gasteiger partial charge on any atom is 0.222 e. The van der Waals surface area contributed by atoms with E-state index >= 15 is 0 Å². The van der Waals surface area contributed by atoms with Gasteiger partial charge in [0.2, 0.25) is 11.0 Å². The number of ether oxygens (including phenoxy) is 1. The van der Waals surface area contributed by atoms with Crippen LogP contribution in [-0.2, 0) is 11.2 Å². The van der Waals surface area contributed by atoms with E-state index in [1.165, 1.54) is 50.1 Å². The Morgan fingerprint density at radius 3 is 2.55 bits per heavy atom. The Labute approximate surface area is 190 Å². The van der Waals surface area contributed by atoms with Gasteiger partial charge in [-0.3, -0.25) is 4.79 Å². The number of carbonyl (C=O) groups is 1. The Morgan fingerprint density at radius 2 is 1.81 bits per heavy atom. The van der Waals surface area contributed by atoms with Crippen LogP contribution in [0.1, 0.15) is 69.7 Å². The van der Waals surface area contributed by atoms with Crippen molar-refractivity contribution in [2.75, 3.05) is 38.2 Å². The van der Waals surface area contributed by atoms with E-state index < -0.39 is 0 Å². The summed E-state index contributed by atoms with van der Waals surface area (Å²) in [4.78, 5) is 21.5. The van der Waals surface area contributed by atoms with E-state index in [9.17, 15) is 4.79 Å². The van der Waals surface area contributed by atoms with Crippen LogP contribution in [0.3, 0.4) is 0 Å². The molecule has 170 valence electrons. The monoisotopic (exact) mass is 444 g/mol. The molecule has 1 aliphatic rings. The van der Waals surface area contributed by atoms with Crippen molar-refractivity contribution in [1.82, 2.24) is 14.3 Å². The van der Waals surface area contributed by atoms with Crippen molar-refractivity contribution in [1.29, 1.82) is 0 Å². The fourth-order valence-corrected chi connectivity index (χ4v) is 4.69. The van der Waals surface area contributed by atoms with Crippen LogP contribution >= 0.6 is 11.5 Å². The summed E-state index contributed by atoms with van der Waals surface area (Å²) in [6.45, 7) is 5.46. The Hall–Kier alpha value is -2.15. The van der Waals surface area contributed by atoms with Crippen molar-refractivity contribution in [3.8, 4) is 5.75 Å². The van der Waals surface area contributed by atoms with Crippen LogP contribution in [-0.4, -0.2) is 53.5 Å². The normalized spacial score (nSPS) is 14.1. The zero-order chi connectivity index (χ0) is 21.9. The molecule has 0 spiro atoms. The molecule has 7 heteroatoms. The molecule has 1 amide bonds. The number of hydrogen-bond acceptors (Lipinski definition) is 6. The number of methoxy groups -OCH3 is 1. The highest BCUT2D eigenvalue weighted by molar-refractivity contribution is 7.09. The van der Waals surface area contributed by atoms with Gasteiger partial charge >= 0.3 is 0 Å². The molecule has 0 unspecified atom stereocenters. The third kappa shape index (κ3) is 7.49. The van der Waals surface area contributed by atoms with E-state index in [0.29, 0.717) is 18.7 Å². The lowest BCUT2D eigenvalue weighted by Gasteiger charge is -2.34. The number of unbranched alkanes of at least 4 members (excludes halogenated alkanes) is 6. The molecule has 2 heterocycles. The van der Waals surface area contributed by atoms with Gasteiger partial charge in [-0.15, -0.1) is 0 Å². The van der Waals surface area contributed by atoms with Gasteiger partial charge in [0.1, 0.15) is 11.6 Å². The molecular weight excluding hydrogens is 408 g/mol. The first-order valence-electron chi connectivity index (χ1n) is 11.7. The summed E-state index contributed by atoms with van der Waals surface area (Å²) in [6.07, 6.45) is 10.1. The molecule has 0 radical (unpaired) electrons. The second-order valence-corrected chi connectivity index (χ2v) is 8.99. The summed E-state index contributed by atoms with van der Waals surface area (Å²) in [5.41, 5.74) is 1.14. The molecule has 0 atom stereocenters. The van der Waals surface area contributed by atoms with E-state index in [4.69, 9.17) is 9.72 Å². The van der Waals surface area contributed by atoms with Crippen LogP contribution in [0.2, 0.25) is 0 Å². The minimum absolute atomic E-state index is 0.309. The van der Waals surface area contributed by atoms with Gasteiger partial charge < -0.3 is 14.5 Å². The molecule has 0 N–H and O–H groups in total. The van der Waals surface area contributed by atoms with Crippen LogP contribution in [0, 0.1) is 0 Å². The number of benzene rings is 1. The molecule has 1 saturated heterocycles. The Kier molecular flexibility index (Phi) is 9.59. The highest BCUT2D eigenvalue weighted by Gasteiger charge is 2.23. The van der Waals surface area contributed by atoms with Crippen LogP contribution in [0.25, 0.3) is 0 Å². The van der Waals surface area contributed by atoms with Crippen molar-refractivity contribution in [3.05, 3.63) is 35.7 Å². The highest BCUT2D eigenvalue weighted by Crippen LogP contribution is 2.22.